The lowest BCUT2D eigenvalue weighted by Crippen LogP contribution is -2.49. The lowest BCUT2D eigenvalue weighted by Gasteiger charge is -2.39. The molecule has 4 rings (SSSR count). The molecular weight excluding hydrogens is 352 g/mol. The van der Waals surface area contributed by atoms with E-state index in [0.717, 1.165) is 62.2 Å². The first-order valence-electron chi connectivity index (χ1n) is 9.14. The SMILES string of the molecule is O=C(N1CCCC(c2nccs2)C1)C1(c2cccc(Cl)c2)CCCC1. The molecule has 0 radical (unpaired) electrons. The maximum atomic E-state index is 13.6. The summed E-state index contributed by atoms with van der Waals surface area (Å²) in [6, 6.07) is 7.93. The van der Waals surface area contributed by atoms with Crippen molar-refractivity contribution in [1.82, 2.24) is 9.88 Å². The van der Waals surface area contributed by atoms with E-state index >= 15 is 0 Å². The summed E-state index contributed by atoms with van der Waals surface area (Å²) in [6.07, 6.45) is 8.15. The topological polar surface area (TPSA) is 33.2 Å². The van der Waals surface area contributed by atoms with E-state index in [1.54, 1.807) is 11.3 Å². The molecule has 3 nitrogen and oxygen atoms in total. The number of likely N-dealkylation sites (tertiary alicyclic amines) is 1. The molecule has 2 fully saturated rings. The molecule has 1 aromatic heterocycles. The number of carbonyl (C=O) groups excluding carboxylic acids is 1. The first-order valence-corrected chi connectivity index (χ1v) is 10.4. The number of piperidine rings is 1. The van der Waals surface area contributed by atoms with Gasteiger partial charge in [0, 0.05) is 35.6 Å². The second-order valence-corrected chi connectivity index (χ2v) is 8.62. The zero-order chi connectivity index (χ0) is 17.3. The van der Waals surface area contributed by atoms with Gasteiger partial charge in [-0.05, 0) is 43.4 Å². The van der Waals surface area contributed by atoms with Gasteiger partial charge in [-0.3, -0.25) is 4.79 Å². The minimum absolute atomic E-state index is 0.300. The van der Waals surface area contributed by atoms with Gasteiger partial charge in [0.15, 0.2) is 0 Å². The van der Waals surface area contributed by atoms with Crippen LogP contribution in [0.25, 0.3) is 0 Å². The van der Waals surface area contributed by atoms with Crippen molar-refractivity contribution in [1.29, 1.82) is 0 Å². The minimum Gasteiger partial charge on any atom is -0.341 e. The summed E-state index contributed by atoms with van der Waals surface area (Å²) in [7, 11) is 0. The van der Waals surface area contributed by atoms with E-state index in [2.05, 4.69) is 16.0 Å². The fourth-order valence-corrected chi connectivity index (χ4v) is 5.45. The van der Waals surface area contributed by atoms with Crippen LogP contribution >= 0.6 is 22.9 Å². The van der Waals surface area contributed by atoms with Crippen molar-refractivity contribution in [3.05, 3.63) is 51.4 Å². The van der Waals surface area contributed by atoms with Gasteiger partial charge in [-0.15, -0.1) is 11.3 Å². The fourth-order valence-electron chi connectivity index (χ4n) is 4.49. The first kappa shape index (κ1) is 17.0. The highest BCUT2D eigenvalue weighted by atomic mass is 35.5. The van der Waals surface area contributed by atoms with Crippen molar-refractivity contribution in [2.75, 3.05) is 13.1 Å². The van der Waals surface area contributed by atoms with Gasteiger partial charge in [-0.25, -0.2) is 4.98 Å². The molecule has 1 saturated heterocycles. The molecule has 2 aromatic rings. The Morgan fingerprint density at radius 2 is 2.12 bits per heavy atom. The number of hydrogen-bond acceptors (Lipinski definition) is 3. The molecule has 1 aliphatic heterocycles. The smallest absolute Gasteiger partial charge is 0.233 e. The highest BCUT2D eigenvalue weighted by Crippen LogP contribution is 2.44. The van der Waals surface area contributed by atoms with Crippen molar-refractivity contribution in [2.45, 2.75) is 49.9 Å². The van der Waals surface area contributed by atoms with Crippen LogP contribution in [0.3, 0.4) is 0 Å². The standard InChI is InChI=1S/C20H23ClN2OS/c21-17-7-3-6-16(13-17)20(8-1-2-9-20)19(24)23-11-4-5-15(14-23)18-22-10-12-25-18/h3,6-7,10,12-13,15H,1-2,4-5,8-9,11,14H2. The van der Waals surface area contributed by atoms with Crippen LogP contribution in [0.15, 0.2) is 35.8 Å². The lowest BCUT2D eigenvalue weighted by molar-refractivity contribution is -0.138. The zero-order valence-electron chi connectivity index (χ0n) is 14.3. The molecule has 1 aliphatic carbocycles. The largest absolute Gasteiger partial charge is 0.341 e. The van der Waals surface area contributed by atoms with Crippen molar-refractivity contribution >= 4 is 28.8 Å². The van der Waals surface area contributed by atoms with Gasteiger partial charge in [0.25, 0.3) is 0 Å². The van der Waals surface area contributed by atoms with Gasteiger partial charge < -0.3 is 4.90 Å². The van der Waals surface area contributed by atoms with Gasteiger partial charge in [0.2, 0.25) is 5.91 Å². The second kappa shape index (κ2) is 7.08. The molecule has 1 atom stereocenters. The molecule has 5 heteroatoms. The maximum absolute atomic E-state index is 13.6. The minimum atomic E-state index is -0.379. The van der Waals surface area contributed by atoms with Crippen LogP contribution in [0.4, 0.5) is 0 Å². The van der Waals surface area contributed by atoms with E-state index in [4.69, 9.17) is 11.6 Å². The van der Waals surface area contributed by atoms with Crippen LogP contribution in [0.2, 0.25) is 5.02 Å². The van der Waals surface area contributed by atoms with Crippen LogP contribution in [-0.4, -0.2) is 28.9 Å². The lowest BCUT2D eigenvalue weighted by atomic mass is 9.77. The molecule has 1 unspecified atom stereocenters. The van der Waals surface area contributed by atoms with Gasteiger partial charge in [-0.1, -0.05) is 36.6 Å². The number of hydrogen-bond donors (Lipinski definition) is 0. The molecule has 1 saturated carbocycles. The first-order chi connectivity index (χ1) is 12.2. The average Bonchev–Trinajstić information content (AvgIpc) is 3.34. The molecular formula is C20H23ClN2OS. The van der Waals surface area contributed by atoms with Crippen LogP contribution in [-0.2, 0) is 10.2 Å². The molecule has 0 spiro atoms. The number of thiazole rings is 1. The number of amides is 1. The fraction of sp³-hybridized carbons (Fsp3) is 0.500. The van der Waals surface area contributed by atoms with E-state index in [1.165, 1.54) is 5.01 Å². The van der Waals surface area contributed by atoms with Crippen molar-refractivity contribution in [2.24, 2.45) is 0 Å². The zero-order valence-corrected chi connectivity index (χ0v) is 15.9. The molecule has 1 aromatic carbocycles. The van der Waals surface area contributed by atoms with Gasteiger partial charge in [0.1, 0.15) is 0 Å². The van der Waals surface area contributed by atoms with Crippen LogP contribution in [0, 0.1) is 0 Å². The Morgan fingerprint density at radius 1 is 1.28 bits per heavy atom. The Balaban J connectivity index is 1.61. The molecule has 132 valence electrons. The summed E-state index contributed by atoms with van der Waals surface area (Å²) in [5, 5.41) is 3.91. The van der Waals surface area contributed by atoms with E-state index < -0.39 is 0 Å². The molecule has 1 amide bonds. The van der Waals surface area contributed by atoms with Gasteiger partial charge >= 0.3 is 0 Å². The monoisotopic (exact) mass is 374 g/mol. The summed E-state index contributed by atoms with van der Waals surface area (Å²) in [5.41, 5.74) is 0.717. The summed E-state index contributed by atoms with van der Waals surface area (Å²) < 4.78 is 0. The van der Waals surface area contributed by atoms with Crippen molar-refractivity contribution in [3.63, 3.8) is 0 Å². The number of aromatic nitrogens is 1. The Hall–Kier alpha value is -1.39. The normalized spacial score (nSPS) is 22.9. The third-order valence-electron chi connectivity index (χ3n) is 5.75. The number of halogens is 1. The van der Waals surface area contributed by atoms with E-state index in [-0.39, 0.29) is 5.41 Å². The number of rotatable bonds is 3. The second-order valence-electron chi connectivity index (χ2n) is 7.26. The Labute approximate surface area is 158 Å². The highest BCUT2D eigenvalue weighted by molar-refractivity contribution is 7.09. The van der Waals surface area contributed by atoms with Crippen LogP contribution < -0.4 is 0 Å². The van der Waals surface area contributed by atoms with Gasteiger partial charge in [0.05, 0.1) is 10.4 Å². The van der Waals surface area contributed by atoms with Crippen LogP contribution in [0.1, 0.15) is 55.0 Å². The Morgan fingerprint density at radius 3 is 2.84 bits per heavy atom. The van der Waals surface area contributed by atoms with E-state index in [9.17, 15) is 4.79 Å². The third-order valence-corrected chi connectivity index (χ3v) is 6.93. The third kappa shape index (κ3) is 3.22. The van der Waals surface area contributed by atoms with Gasteiger partial charge in [-0.2, -0.15) is 0 Å². The molecule has 25 heavy (non-hydrogen) atoms. The molecule has 2 heterocycles. The Kier molecular flexibility index (Phi) is 4.83. The van der Waals surface area contributed by atoms with Crippen LogP contribution in [0.5, 0.6) is 0 Å². The summed E-state index contributed by atoms with van der Waals surface area (Å²) in [4.78, 5) is 20.2. The van der Waals surface area contributed by atoms with Crippen molar-refractivity contribution < 1.29 is 4.79 Å². The molecule has 0 bridgehead atoms. The summed E-state index contributed by atoms with van der Waals surface area (Å²) in [5.74, 6) is 0.684. The molecule has 2 aliphatic rings. The van der Waals surface area contributed by atoms with E-state index in [1.807, 2.05) is 29.8 Å². The summed E-state index contributed by atoms with van der Waals surface area (Å²) >= 11 is 7.94. The highest BCUT2D eigenvalue weighted by Gasteiger charge is 2.45. The number of carbonyl (C=O) groups is 1. The van der Waals surface area contributed by atoms with Crippen molar-refractivity contribution in [3.8, 4) is 0 Å². The Bertz CT molecular complexity index is 740. The quantitative estimate of drug-likeness (QED) is 0.756. The average molecular weight is 375 g/mol. The summed E-state index contributed by atoms with van der Waals surface area (Å²) in [6.45, 7) is 1.66. The number of nitrogens with zero attached hydrogens (tertiary/aromatic N) is 2. The predicted molar refractivity (Wildman–Crippen MR) is 102 cm³/mol. The van der Waals surface area contributed by atoms with E-state index in [0.29, 0.717) is 11.8 Å². The predicted octanol–water partition coefficient (Wildman–Crippen LogP) is 5.01. The number of benzene rings is 1. The molecule has 0 N–H and O–H groups in total. The maximum Gasteiger partial charge on any atom is 0.233 e.